The molecule has 0 aliphatic heterocycles. The first-order valence-electron chi connectivity index (χ1n) is 3.46. The van der Waals surface area contributed by atoms with Crippen LogP contribution in [0.5, 0.6) is 0 Å². The number of nitrogens with two attached hydrogens (primary N) is 1. The molecule has 4 nitrogen and oxygen atoms in total. The highest BCUT2D eigenvalue weighted by molar-refractivity contribution is 5.85. The maximum Gasteiger partial charge on any atom is 0.185 e. The zero-order valence-electron chi connectivity index (χ0n) is 6.47. The van der Waals surface area contributed by atoms with Crippen molar-refractivity contribution >= 4 is 18.4 Å². The molecule has 0 aromatic heterocycles. The number of aliphatic hydroxyl groups excluding tert-OH is 1. The summed E-state index contributed by atoms with van der Waals surface area (Å²) in [4.78, 5) is 0. The van der Waals surface area contributed by atoms with Crippen molar-refractivity contribution in [2.75, 3.05) is 13.2 Å². The number of halogens is 1. The molecule has 0 saturated heterocycles. The molecule has 0 spiro atoms. The van der Waals surface area contributed by atoms with Crippen LogP contribution in [0.2, 0.25) is 0 Å². The minimum absolute atomic E-state index is 0. The van der Waals surface area contributed by atoms with Crippen molar-refractivity contribution in [3.8, 4) is 0 Å². The number of aliphatic hydroxyl groups is 1. The summed E-state index contributed by atoms with van der Waals surface area (Å²) < 4.78 is 0. The summed E-state index contributed by atoms with van der Waals surface area (Å²) in [7, 11) is 0. The molecule has 0 heterocycles. The molecule has 5 heteroatoms. The van der Waals surface area contributed by atoms with Crippen molar-refractivity contribution in [1.82, 2.24) is 5.32 Å². The van der Waals surface area contributed by atoms with Gasteiger partial charge in [-0.25, -0.2) is 0 Å². The predicted molar refractivity (Wildman–Crippen MR) is 48.1 cm³/mol. The van der Waals surface area contributed by atoms with E-state index < -0.39 is 0 Å². The van der Waals surface area contributed by atoms with Gasteiger partial charge >= 0.3 is 0 Å². The van der Waals surface area contributed by atoms with Gasteiger partial charge in [-0.3, -0.25) is 5.41 Å². The van der Waals surface area contributed by atoms with Crippen LogP contribution in [-0.2, 0) is 0 Å². The maximum atomic E-state index is 8.39. The maximum absolute atomic E-state index is 8.39. The van der Waals surface area contributed by atoms with E-state index >= 15 is 0 Å². The minimum Gasteiger partial charge on any atom is -0.396 e. The Kier molecular flexibility index (Phi) is 11.4. The molecule has 11 heavy (non-hydrogen) atoms. The molecule has 0 atom stereocenters. The van der Waals surface area contributed by atoms with Gasteiger partial charge in [0.05, 0.1) is 0 Å². The Hall–Kier alpha value is -0.480. The van der Waals surface area contributed by atoms with Crippen molar-refractivity contribution in [1.29, 1.82) is 5.41 Å². The molecule has 0 amide bonds. The first kappa shape index (κ1) is 13.1. The molecule has 0 bridgehead atoms. The smallest absolute Gasteiger partial charge is 0.185 e. The number of rotatable bonds is 5. The van der Waals surface area contributed by atoms with E-state index in [1.807, 2.05) is 0 Å². The first-order valence-corrected chi connectivity index (χ1v) is 3.46. The third-order valence-corrected chi connectivity index (χ3v) is 1.15. The molecule has 0 fully saturated rings. The highest BCUT2D eigenvalue weighted by Crippen LogP contribution is 1.90. The molecule has 5 N–H and O–H groups in total. The Labute approximate surface area is 73.1 Å². The summed E-state index contributed by atoms with van der Waals surface area (Å²) in [6.07, 6.45) is 2.77. The Bertz CT molecular complexity index is 99.8. The molecule has 0 radical (unpaired) electrons. The van der Waals surface area contributed by atoms with Crippen molar-refractivity contribution in [2.45, 2.75) is 19.3 Å². The van der Waals surface area contributed by atoms with E-state index in [1.165, 1.54) is 0 Å². The zero-order chi connectivity index (χ0) is 7.82. The average molecular weight is 182 g/mol. The van der Waals surface area contributed by atoms with Gasteiger partial charge in [0.1, 0.15) is 0 Å². The minimum atomic E-state index is 0. The Morgan fingerprint density at radius 1 is 1.36 bits per heavy atom. The van der Waals surface area contributed by atoms with Gasteiger partial charge in [-0.2, -0.15) is 0 Å². The summed E-state index contributed by atoms with van der Waals surface area (Å²) in [6, 6.07) is 0. The number of nitrogens with one attached hydrogen (secondary N) is 2. The lowest BCUT2D eigenvalue weighted by molar-refractivity contribution is 0.283. The summed E-state index contributed by atoms with van der Waals surface area (Å²) in [5, 5.41) is 17.9. The molecule has 0 saturated carbocycles. The van der Waals surface area contributed by atoms with Crippen LogP contribution in [0.25, 0.3) is 0 Å². The van der Waals surface area contributed by atoms with Crippen LogP contribution in [0.3, 0.4) is 0 Å². The molecule has 0 aliphatic carbocycles. The lowest BCUT2D eigenvalue weighted by atomic mass is 10.2. The SMILES string of the molecule is Cl.N=C(N)NCCCCCO. The topological polar surface area (TPSA) is 82.1 Å². The van der Waals surface area contributed by atoms with Crippen molar-refractivity contribution in [2.24, 2.45) is 5.73 Å². The van der Waals surface area contributed by atoms with Crippen LogP contribution in [-0.4, -0.2) is 24.2 Å². The number of hydrogen-bond donors (Lipinski definition) is 4. The number of unbranched alkanes of at least 4 members (excludes halogenated alkanes) is 2. The third-order valence-electron chi connectivity index (χ3n) is 1.15. The first-order chi connectivity index (χ1) is 4.77. The molecular weight excluding hydrogens is 166 g/mol. The van der Waals surface area contributed by atoms with E-state index in [9.17, 15) is 0 Å². The Balaban J connectivity index is 0. The van der Waals surface area contributed by atoms with Crippen molar-refractivity contribution in [3.63, 3.8) is 0 Å². The molecule has 0 aliphatic rings. The van der Waals surface area contributed by atoms with E-state index in [0.29, 0.717) is 0 Å². The van der Waals surface area contributed by atoms with E-state index in [1.54, 1.807) is 0 Å². The highest BCUT2D eigenvalue weighted by Gasteiger charge is 1.87. The van der Waals surface area contributed by atoms with Crippen LogP contribution in [0.4, 0.5) is 0 Å². The molecule has 0 rings (SSSR count). The van der Waals surface area contributed by atoms with Crippen LogP contribution in [0, 0.1) is 5.41 Å². The summed E-state index contributed by atoms with van der Waals surface area (Å²) in [5.41, 5.74) is 5.03. The van der Waals surface area contributed by atoms with Crippen LogP contribution >= 0.6 is 12.4 Å². The largest absolute Gasteiger partial charge is 0.396 e. The average Bonchev–Trinajstić information content (AvgIpc) is 1.87. The second-order valence-electron chi connectivity index (χ2n) is 2.12. The lowest BCUT2D eigenvalue weighted by Crippen LogP contribution is -2.30. The van der Waals surface area contributed by atoms with Gasteiger partial charge in [0, 0.05) is 13.2 Å². The fourth-order valence-corrected chi connectivity index (χ4v) is 0.637. The van der Waals surface area contributed by atoms with E-state index in [4.69, 9.17) is 16.2 Å². The molecule has 0 unspecified atom stereocenters. The normalized spacial score (nSPS) is 8.45. The second kappa shape index (κ2) is 9.52. The Morgan fingerprint density at radius 2 is 2.00 bits per heavy atom. The van der Waals surface area contributed by atoms with Gasteiger partial charge in [-0.15, -0.1) is 12.4 Å². The highest BCUT2D eigenvalue weighted by atomic mass is 35.5. The molecule has 68 valence electrons. The van der Waals surface area contributed by atoms with Crippen LogP contribution in [0.15, 0.2) is 0 Å². The number of hydrogen-bond acceptors (Lipinski definition) is 2. The van der Waals surface area contributed by atoms with Gasteiger partial charge in [-0.1, -0.05) is 0 Å². The monoisotopic (exact) mass is 181 g/mol. The standard InChI is InChI=1S/C6H15N3O.ClH/c7-6(8)9-4-2-1-3-5-10;/h10H,1-5H2,(H4,7,8,9);1H. The summed E-state index contributed by atoms with van der Waals surface area (Å²) in [5.74, 6) is 0.0176. The Morgan fingerprint density at radius 3 is 2.45 bits per heavy atom. The van der Waals surface area contributed by atoms with E-state index in [0.717, 1.165) is 25.8 Å². The van der Waals surface area contributed by atoms with E-state index in [2.05, 4.69) is 5.32 Å². The lowest BCUT2D eigenvalue weighted by Gasteiger charge is -2.01. The van der Waals surface area contributed by atoms with Gasteiger partial charge in [0.15, 0.2) is 5.96 Å². The molecule has 0 aromatic rings. The van der Waals surface area contributed by atoms with Crippen LogP contribution in [0.1, 0.15) is 19.3 Å². The number of guanidine groups is 1. The van der Waals surface area contributed by atoms with E-state index in [-0.39, 0.29) is 25.0 Å². The van der Waals surface area contributed by atoms with Gasteiger partial charge in [-0.05, 0) is 19.3 Å². The van der Waals surface area contributed by atoms with Gasteiger partial charge < -0.3 is 16.2 Å². The molecular formula is C6H16ClN3O. The fraction of sp³-hybridized carbons (Fsp3) is 0.833. The second-order valence-corrected chi connectivity index (χ2v) is 2.12. The van der Waals surface area contributed by atoms with Crippen molar-refractivity contribution in [3.05, 3.63) is 0 Å². The summed E-state index contributed by atoms with van der Waals surface area (Å²) in [6.45, 7) is 0.982. The van der Waals surface area contributed by atoms with Crippen LogP contribution < -0.4 is 11.1 Å². The third kappa shape index (κ3) is 12.7. The fourth-order valence-electron chi connectivity index (χ4n) is 0.637. The van der Waals surface area contributed by atoms with Crippen molar-refractivity contribution < 1.29 is 5.11 Å². The zero-order valence-corrected chi connectivity index (χ0v) is 7.28. The van der Waals surface area contributed by atoms with Gasteiger partial charge in [0.25, 0.3) is 0 Å². The van der Waals surface area contributed by atoms with Gasteiger partial charge in [0.2, 0.25) is 0 Å². The molecule has 0 aromatic carbocycles. The predicted octanol–water partition coefficient (Wildman–Crippen LogP) is 0.0539. The summed E-state index contributed by atoms with van der Waals surface area (Å²) >= 11 is 0. The quantitative estimate of drug-likeness (QED) is 0.275.